The number of hydrogen-bond donors (Lipinski definition) is 4. The normalized spacial score (nSPS) is 18.8. The molecule has 0 amide bonds. The SMILES string of the molecule is Nc1nc(NC2CC2)c2ncn(CCOCP(=O)(NCC(=O)OC3CCC3)N[C@@H](Cc3ccccc3)C(=O)OC3CCC3)c2n1. The van der Waals surface area contributed by atoms with Crippen LogP contribution in [-0.4, -0.2) is 75.2 Å². The number of benzene rings is 1. The summed E-state index contributed by atoms with van der Waals surface area (Å²) in [5, 5.41) is 9.18. The Morgan fingerprint density at radius 2 is 1.76 bits per heavy atom. The molecule has 2 heterocycles. The molecular weight excluding hydrogens is 599 g/mol. The van der Waals surface area contributed by atoms with E-state index in [0.717, 1.165) is 56.9 Å². The van der Waals surface area contributed by atoms with Crippen LogP contribution in [0.1, 0.15) is 56.9 Å². The third-order valence-corrected chi connectivity index (χ3v) is 10.2. The number of carbonyl (C=O) groups excluding carboxylic acids is 2. The van der Waals surface area contributed by atoms with E-state index in [9.17, 15) is 14.2 Å². The lowest BCUT2D eigenvalue weighted by Crippen LogP contribution is -2.44. The first kappa shape index (κ1) is 31.4. The first-order chi connectivity index (χ1) is 21.8. The summed E-state index contributed by atoms with van der Waals surface area (Å²) in [5.74, 6) is -0.251. The average molecular weight is 641 g/mol. The molecule has 14 nitrogen and oxygen atoms in total. The lowest BCUT2D eigenvalue weighted by Gasteiger charge is -2.30. The number of nitrogen functional groups attached to an aromatic ring is 1. The van der Waals surface area contributed by atoms with Gasteiger partial charge in [0, 0.05) is 12.6 Å². The fraction of sp³-hybridized carbons (Fsp3) is 0.567. The third-order valence-electron chi connectivity index (χ3n) is 8.24. The summed E-state index contributed by atoms with van der Waals surface area (Å²) in [6.07, 6.45) is 8.82. The molecule has 0 bridgehead atoms. The van der Waals surface area contributed by atoms with Crippen LogP contribution in [0.3, 0.4) is 0 Å². The Kier molecular flexibility index (Phi) is 9.94. The van der Waals surface area contributed by atoms with Crippen LogP contribution in [0.15, 0.2) is 36.7 Å². The lowest BCUT2D eigenvalue weighted by molar-refractivity contribution is -0.155. The highest BCUT2D eigenvalue weighted by Crippen LogP contribution is 2.38. The van der Waals surface area contributed by atoms with E-state index in [1.54, 1.807) is 10.9 Å². The van der Waals surface area contributed by atoms with Crippen LogP contribution in [0.4, 0.5) is 11.8 Å². The Morgan fingerprint density at radius 3 is 2.44 bits per heavy atom. The number of hydrogen-bond acceptors (Lipinski definition) is 11. The quantitative estimate of drug-likeness (QED) is 0.0959. The number of carbonyl (C=O) groups is 2. The van der Waals surface area contributed by atoms with Gasteiger partial charge in [0.2, 0.25) is 13.4 Å². The standard InChI is InChI=1S/C30H41N8O6P/c31-30-35-27(34-21-12-13-21)26-28(36-30)38(18-32-26)14-15-42-19-45(41,33-17-25(39)43-22-8-4-9-22)37-24(16-20-6-2-1-3-7-20)29(40)44-23-10-5-11-23/h1-3,6-7,18,21-24H,4-5,8-17,19H2,(H2,33,37,41)(H3,31,34,35,36)/t24-,45?/m0/s1. The molecule has 3 aliphatic rings. The zero-order valence-electron chi connectivity index (χ0n) is 25.2. The maximum atomic E-state index is 14.3. The van der Waals surface area contributed by atoms with Gasteiger partial charge in [0.05, 0.1) is 12.9 Å². The van der Waals surface area contributed by atoms with E-state index < -0.39 is 25.4 Å². The number of imidazole rings is 1. The van der Waals surface area contributed by atoms with Gasteiger partial charge in [-0.2, -0.15) is 9.97 Å². The van der Waals surface area contributed by atoms with Gasteiger partial charge in [-0.15, -0.1) is 0 Å². The minimum Gasteiger partial charge on any atom is -0.461 e. The van der Waals surface area contributed by atoms with Gasteiger partial charge in [0.15, 0.2) is 17.0 Å². The molecular formula is C30H41N8O6P. The second-order valence-electron chi connectivity index (χ2n) is 12.0. The second kappa shape index (κ2) is 14.2. The first-order valence-corrected chi connectivity index (χ1v) is 17.6. The number of aromatic nitrogens is 4. The molecule has 3 aromatic rings. The number of anilines is 2. The van der Waals surface area contributed by atoms with E-state index >= 15 is 0 Å². The third kappa shape index (κ3) is 8.57. The van der Waals surface area contributed by atoms with E-state index in [1.165, 1.54) is 0 Å². The Bertz CT molecular complexity index is 1530. The van der Waals surface area contributed by atoms with Crippen molar-refractivity contribution in [3.8, 4) is 0 Å². The number of fused-ring (bicyclic) bond motifs is 1. The number of nitrogens with one attached hydrogen (secondary N) is 3. The van der Waals surface area contributed by atoms with Crippen LogP contribution < -0.4 is 21.2 Å². The number of rotatable bonds is 17. The summed E-state index contributed by atoms with van der Waals surface area (Å²) < 4.78 is 33.2. The number of esters is 2. The molecule has 0 radical (unpaired) electrons. The molecule has 0 aliphatic heterocycles. The van der Waals surface area contributed by atoms with Crippen molar-refractivity contribution in [1.29, 1.82) is 0 Å². The molecule has 5 N–H and O–H groups in total. The molecule has 3 aliphatic carbocycles. The van der Waals surface area contributed by atoms with Crippen LogP contribution in [-0.2, 0) is 41.3 Å². The van der Waals surface area contributed by atoms with Crippen molar-refractivity contribution < 1.29 is 28.4 Å². The molecule has 1 unspecified atom stereocenters. The lowest BCUT2D eigenvalue weighted by atomic mass is 9.96. The summed E-state index contributed by atoms with van der Waals surface area (Å²) in [6.45, 7) is 0.201. The highest BCUT2D eigenvalue weighted by Gasteiger charge is 2.34. The fourth-order valence-corrected chi connectivity index (χ4v) is 6.79. The van der Waals surface area contributed by atoms with Crippen molar-refractivity contribution in [2.45, 2.75) is 88.6 Å². The fourth-order valence-electron chi connectivity index (χ4n) is 5.06. The minimum absolute atomic E-state index is 0.103. The highest BCUT2D eigenvalue weighted by molar-refractivity contribution is 7.59. The largest absolute Gasteiger partial charge is 0.461 e. The summed E-state index contributed by atoms with van der Waals surface area (Å²) in [6, 6.07) is 8.89. The summed E-state index contributed by atoms with van der Waals surface area (Å²) in [4.78, 5) is 38.9. The molecule has 242 valence electrons. The van der Waals surface area contributed by atoms with Crippen LogP contribution in [0, 0.1) is 0 Å². The Labute approximate surface area is 261 Å². The molecule has 15 heteroatoms. The summed E-state index contributed by atoms with van der Waals surface area (Å²) in [5.41, 5.74) is 8.02. The smallest absolute Gasteiger partial charge is 0.324 e. The predicted octanol–water partition coefficient (Wildman–Crippen LogP) is 3.13. The molecule has 1 aromatic carbocycles. The molecule has 45 heavy (non-hydrogen) atoms. The molecule has 2 aromatic heterocycles. The van der Waals surface area contributed by atoms with Gasteiger partial charge in [-0.1, -0.05) is 30.3 Å². The van der Waals surface area contributed by atoms with Crippen molar-refractivity contribution in [2.24, 2.45) is 0 Å². The first-order valence-electron chi connectivity index (χ1n) is 15.7. The molecule has 2 atom stereocenters. The van der Waals surface area contributed by atoms with E-state index in [0.29, 0.717) is 29.6 Å². The Hall–Kier alpha value is -3.58. The monoisotopic (exact) mass is 640 g/mol. The van der Waals surface area contributed by atoms with Crippen LogP contribution >= 0.6 is 7.44 Å². The highest BCUT2D eigenvalue weighted by atomic mass is 31.2. The predicted molar refractivity (Wildman–Crippen MR) is 167 cm³/mol. The van der Waals surface area contributed by atoms with Gasteiger partial charge in [0.1, 0.15) is 31.1 Å². The summed E-state index contributed by atoms with van der Waals surface area (Å²) in [7, 11) is -3.67. The molecule has 0 spiro atoms. The van der Waals surface area contributed by atoms with E-state index in [-0.39, 0.29) is 44.1 Å². The van der Waals surface area contributed by atoms with Gasteiger partial charge < -0.3 is 29.8 Å². The van der Waals surface area contributed by atoms with E-state index in [4.69, 9.17) is 19.9 Å². The van der Waals surface area contributed by atoms with Gasteiger partial charge in [-0.3, -0.25) is 14.2 Å². The minimum atomic E-state index is -3.67. The zero-order chi connectivity index (χ0) is 31.2. The van der Waals surface area contributed by atoms with Crippen molar-refractivity contribution >= 4 is 42.3 Å². The molecule has 3 fully saturated rings. The molecule has 6 rings (SSSR count). The van der Waals surface area contributed by atoms with Crippen molar-refractivity contribution in [1.82, 2.24) is 29.7 Å². The Balaban J connectivity index is 1.12. The maximum Gasteiger partial charge on any atom is 0.324 e. The Morgan fingerprint density at radius 1 is 1.02 bits per heavy atom. The van der Waals surface area contributed by atoms with Crippen LogP contribution in [0.2, 0.25) is 0 Å². The topological polar surface area (TPSA) is 185 Å². The van der Waals surface area contributed by atoms with E-state index in [1.807, 2.05) is 30.3 Å². The van der Waals surface area contributed by atoms with Gasteiger partial charge >= 0.3 is 11.9 Å². The van der Waals surface area contributed by atoms with Crippen molar-refractivity contribution in [3.63, 3.8) is 0 Å². The molecule has 0 saturated heterocycles. The van der Waals surface area contributed by atoms with Crippen molar-refractivity contribution in [2.75, 3.05) is 30.6 Å². The van der Waals surface area contributed by atoms with E-state index in [2.05, 4.69) is 30.4 Å². The summed E-state index contributed by atoms with van der Waals surface area (Å²) >= 11 is 0. The zero-order valence-corrected chi connectivity index (χ0v) is 26.1. The molecule has 3 saturated carbocycles. The second-order valence-corrected chi connectivity index (χ2v) is 14.3. The van der Waals surface area contributed by atoms with Gasteiger partial charge in [0.25, 0.3) is 0 Å². The number of ether oxygens (including phenoxy) is 3. The van der Waals surface area contributed by atoms with Crippen LogP contribution in [0.5, 0.6) is 0 Å². The number of nitrogens with zero attached hydrogens (tertiary/aromatic N) is 4. The number of nitrogens with two attached hydrogens (primary N) is 1. The maximum absolute atomic E-state index is 14.3. The average Bonchev–Trinajstić information content (AvgIpc) is 3.71. The van der Waals surface area contributed by atoms with Crippen molar-refractivity contribution in [3.05, 3.63) is 42.2 Å². The van der Waals surface area contributed by atoms with Gasteiger partial charge in [-0.25, -0.2) is 15.2 Å². The van der Waals surface area contributed by atoms with Crippen LogP contribution in [0.25, 0.3) is 11.2 Å². The van der Waals surface area contributed by atoms with Gasteiger partial charge in [-0.05, 0) is 63.4 Å².